The molecule has 1 aromatic carbocycles. The summed E-state index contributed by atoms with van der Waals surface area (Å²) < 4.78 is 6.34. The number of hydrazine groups is 1. The lowest BCUT2D eigenvalue weighted by Gasteiger charge is -2.15. The van der Waals surface area contributed by atoms with Gasteiger partial charge in [-0.3, -0.25) is 5.84 Å². The zero-order valence-corrected chi connectivity index (χ0v) is 10.5. The molecule has 0 aliphatic heterocycles. The van der Waals surface area contributed by atoms with Gasteiger partial charge in [0.15, 0.2) is 0 Å². The molecule has 2 aromatic rings. The van der Waals surface area contributed by atoms with Gasteiger partial charge in [-0.1, -0.05) is 29.8 Å². The van der Waals surface area contributed by atoms with Gasteiger partial charge in [-0.05, 0) is 34.5 Å². The molecule has 1 heterocycles. The molecule has 0 fully saturated rings. The van der Waals surface area contributed by atoms with Gasteiger partial charge in [0.2, 0.25) is 0 Å². The Balaban J connectivity index is 2.40. The molecule has 0 spiro atoms. The fourth-order valence-electron chi connectivity index (χ4n) is 1.68. The molecule has 1 atom stereocenters. The van der Waals surface area contributed by atoms with E-state index in [4.69, 9.17) is 10.3 Å². The normalized spacial score (nSPS) is 12.7. The highest BCUT2D eigenvalue weighted by Gasteiger charge is 2.18. The van der Waals surface area contributed by atoms with E-state index in [9.17, 15) is 0 Å². The summed E-state index contributed by atoms with van der Waals surface area (Å²) in [6.07, 6.45) is 1.64. The third-order valence-corrected chi connectivity index (χ3v) is 3.10. The van der Waals surface area contributed by atoms with Gasteiger partial charge >= 0.3 is 0 Å². The molecule has 1 aromatic heterocycles. The van der Waals surface area contributed by atoms with Crippen LogP contribution in [0.15, 0.2) is 45.5 Å². The first-order valence-corrected chi connectivity index (χ1v) is 5.77. The Morgan fingerprint density at radius 3 is 2.75 bits per heavy atom. The monoisotopic (exact) mass is 280 g/mol. The van der Waals surface area contributed by atoms with Crippen LogP contribution in [0.25, 0.3) is 0 Å². The van der Waals surface area contributed by atoms with E-state index < -0.39 is 0 Å². The number of nitrogens with one attached hydrogen (secondary N) is 1. The van der Waals surface area contributed by atoms with E-state index in [2.05, 4.69) is 27.4 Å². The van der Waals surface area contributed by atoms with Crippen LogP contribution < -0.4 is 11.3 Å². The number of furan rings is 1. The number of hydrogen-bond donors (Lipinski definition) is 2. The fourth-order valence-corrected chi connectivity index (χ4v) is 2.11. The van der Waals surface area contributed by atoms with Gasteiger partial charge in [-0.25, -0.2) is 5.43 Å². The highest BCUT2D eigenvalue weighted by Crippen LogP contribution is 2.29. The quantitative estimate of drug-likeness (QED) is 0.672. The van der Waals surface area contributed by atoms with Gasteiger partial charge in [0.05, 0.1) is 10.7 Å². The minimum Gasteiger partial charge on any atom is -0.466 e. The number of rotatable bonds is 3. The second-order valence-electron chi connectivity index (χ2n) is 3.65. The Morgan fingerprint density at radius 2 is 2.19 bits per heavy atom. The maximum atomic E-state index is 5.58. The maximum absolute atomic E-state index is 5.58. The Hall–Kier alpha value is -1.10. The molecule has 0 saturated heterocycles. The van der Waals surface area contributed by atoms with Crippen molar-refractivity contribution in [3.8, 4) is 0 Å². The zero-order chi connectivity index (χ0) is 11.5. The van der Waals surface area contributed by atoms with E-state index in [-0.39, 0.29) is 6.04 Å². The van der Waals surface area contributed by atoms with Gasteiger partial charge in [0.25, 0.3) is 0 Å². The summed E-state index contributed by atoms with van der Waals surface area (Å²) in [4.78, 5) is 0. The van der Waals surface area contributed by atoms with Crippen LogP contribution in [0.5, 0.6) is 0 Å². The first-order valence-electron chi connectivity index (χ1n) is 4.98. The number of hydrogen-bond acceptors (Lipinski definition) is 3. The molecule has 0 aliphatic rings. The third-order valence-electron chi connectivity index (χ3n) is 2.45. The van der Waals surface area contributed by atoms with E-state index in [0.717, 1.165) is 15.8 Å². The highest BCUT2D eigenvalue weighted by atomic mass is 79.9. The zero-order valence-electron chi connectivity index (χ0n) is 8.91. The topological polar surface area (TPSA) is 51.2 Å². The molecule has 2 rings (SSSR count). The Kier molecular flexibility index (Phi) is 3.43. The summed E-state index contributed by atoms with van der Waals surface area (Å²) in [6, 6.07) is 9.88. The minimum absolute atomic E-state index is 0.135. The molecule has 84 valence electrons. The molecule has 4 heteroatoms. The largest absolute Gasteiger partial charge is 0.466 e. The SMILES string of the molecule is Cc1cccc(C(NN)c2occc2Br)c1. The summed E-state index contributed by atoms with van der Waals surface area (Å²) in [5.41, 5.74) is 5.04. The molecule has 3 nitrogen and oxygen atoms in total. The molecule has 0 amide bonds. The Labute approximate surface area is 103 Å². The third kappa shape index (κ3) is 2.19. The summed E-state index contributed by atoms with van der Waals surface area (Å²) in [7, 11) is 0. The summed E-state index contributed by atoms with van der Waals surface area (Å²) in [5.74, 6) is 6.37. The van der Waals surface area contributed by atoms with E-state index >= 15 is 0 Å². The van der Waals surface area contributed by atoms with Crippen LogP contribution in [0.4, 0.5) is 0 Å². The molecule has 0 aliphatic carbocycles. The number of benzene rings is 1. The van der Waals surface area contributed by atoms with Gasteiger partial charge in [-0.15, -0.1) is 0 Å². The lowest BCUT2D eigenvalue weighted by atomic mass is 10.0. The van der Waals surface area contributed by atoms with Crippen molar-refractivity contribution >= 4 is 15.9 Å². The van der Waals surface area contributed by atoms with Crippen LogP contribution in [-0.2, 0) is 0 Å². The average Bonchev–Trinajstić information content (AvgIpc) is 2.67. The molecule has 3 N–H and O–H groups in total. The number of halogens is 1. The van der Waals surface area contributed by atoms with Gasteiger partial charge in [0.1, 0.15) is 11.8 Å². The summed E-state index contributed by atoms with van der Waals surface area (Å²) in [6.45, 7) is 2.05. The van der Waals surface area contributed by atoms with Crippen molar-refractivity contribution in [2.75, 3.05) is 0 Å². The van der Waals surface area contributed by atoms with Crippen molar-refractivity contribution in [1.29, 1.82) is 0 Å². The van der Waals surface area contributed by atoms with Crippen LogP contribution in [-0.4, -0.2) is 0 Å². The Morgan fingerprint density at radius 1 is 1.38 bits per heavy atom. The van der Waals surface area contributed by atoms with Gasteiger partial charge in [0, 0.05) is 0 Å². The first kappa shape index (κ1) is 11.4. The smallest absolute Gasteiger partial charge is 0.140 e. The van der Waals surface area contributed by atoms with E-state index in [1.54, 1.807) is 6.26 Å². The van der Waals surface area contributed by atoms with Crippen molar-refractivity contribution in [3.63, 3.8) is 0 Å². The molecule has 16 heavy (non-hydrogen) atoms. The van der Waals surface area contributed by atoms with E-state index in [1.807, 2.05) is 31.2 Å². The van der Waals surface area contributed by atoms with Crippen LogP contribution in [0.2, 0.25) is 0 Å². The second-order valence-corrected chi connectivity index (χ2v) is 4.50. The predicted octanol–water partition coefficient (Wildman–Crippen LogP) is 2.90. The predicted molar refractivity (Wildman–Crippen MR) is 66.8 cm³/mol. The van der Waals surface area contributed by atoms with Gasteiger partial charge < -0.3 is 4.42 Å². The van der Waals surface area contributed by atoms with E-state index in [1.165, 1.54) is 5.56 Å². The lowest BCUT2D eigenvalue weighted by Crippen LogP contribution is -2.28. The molecule has 1 unspecified atom stereocenters. The molecule has 0 radical (unpaired) electrons. The minimum atomic E-state index is -0.135. The summed E-state index contributed by atoms with van der Waals surface area (Å²) >= 11 is 3.43. The highest BCUT2D eigenvalue weighted by molar-refractivity contribution is 9.10. The Bertz CT molecular complexity index is 481. The van der Waals surface area contributed by atoms with Crippen molar-refractivity contribution < 1.29 is 4.42 Å². The van der Waals surface area contributed by atoms with Crippen molar-refractivity contribution in [2.24, 2.45) is 5.84 Å². The summed E-state index contributed by atoms with van der Waals surface area (Å²) in [5, 5.41) is 0. The van der Waals surface area contributed by atoms with Crippen LogP contribution in [0, 0.1) is 6.92 Å². The van der Waals surface area contributed by atoms with Crippen molar-refractivity contribution in [3.05, 3.63) is 58.0 Å². The molecule has 0 saturated carbocycles. The fraction of sp³-hybridized carbons (Fsp3) is 0.167. The van der Waals surface area contributed by atoms with Crippen LogP contribution >= 0.6 is 15.9 Å². The lowest BCUT2D eigenvalue weighted by molar-refractivity contribution is 0.449. The standard InChI is InChI=1S/C12H13BrN2O/c1-8-3-2-4-9(7-8)11(15-14)12-10(13)5-6-16-12/h2-7,11,15H,14H2,1H3. The van der Waals surface area contributed by atoms with Crippen molar-refractivity contribution in [2.45, 2.75) is 13.0 Å². The number of nitrogens with two attached hydrogens (primary N) is 1. The van der Waals surface area contributed by atoms with E-state index in [0.29, 0.717) is 0 Å². The second kappa shape index (κ2) is 4.82. The first-order chi connectivity index (χ1) is 7.72. The average molecular weight is 281 g/mol. The van der Waals surface area contributed by atoms with Crippen LogP contribution in [0.3, 0.4) is 0 Å². The molecule has 0 bridgehead atoms. The molecular weight excluding hydrogens is 268 g/mol. The van der Waals surface area contributed by atoms with Crippen molar-refractivity contribution in [1.82, 2.24) is 5.43 Å². The van der Waals surface area contributed by atoms with Crippen LogP contribution in [0.1, 0.15) is 22.9 Å². The maximum Gasteiger partial charge on any atom is 0.140 e. The van der Waals surface area contributed by atoms with Gasteiger partial charge in [-0.2, -0.15) is 0 Å². The number of aryl methyl sites for hydroxylation is 1. The molecular formula is C12H13BrN2O.